The molecular weight excluding hydrogens is 385 g/mol. The Morgan fingerprint density at radius 1 is 0.966 bits per heavy atom. The van der Waals surface area contributed by atoms with Gasteiger partial charge in [-0.15, -0.1) is 11.3 Å². The van der Waals surface area contributed by atoms with Crippen molar-refractivity contribution in [1.82, 2.24) is 4.98 Å². The molecule has 0 fully saturated rings. The second kappa shape index (κ2) is 8.24. The average Bonchev–Trinajstić information content (AvgIpc) is 3.17. The molecule has 0 aliphatic heterocycles. The van der Waals surface area contributed by atoms with Gasteiger partial charge < -0.3 is 10.6 Å². The molecule has 1 amide bonds. The van der Waals surface area contributed by atoms with E-state index in [-0.39, 0.29) is 11.7 Å². The Morgan fingerprint density at radius 3 is 2.52 bits per heavy atom. The van der Waals surface area contributed by atoms with Crippen LogP contribution in [0.5, 0.6) is 0 Å². The third kappa shape index (κ3) is 4.50. The molecule has 0 spiro atoms. The number of amides is 1. The molecule has 2 N–H and O–H groups in total. The van der Waals surface area contributed by atoms with Crippen LogP contribution in [0.25, 0.3) is 11.3 Å². The molecule has 4 rings (SSSR count). The van der Waals surface area contributed by atoms with E-state index in [2.05, 4.69) is 15.6 Å². The molecule has 0 saturated heterocycles. The van der Waals surface area contributed by atoms with Crippen molar-refractivity contribution in [2.24, 2.45) is 0 Å². The number of hydrogen-bond donors (Lipinski definition) is 2. The van der Waals surface area contributed by atoms with Crippen LogP contribution in [0.2, 0.25) is 0 Å². The van der Waals surface area contributed by atoms with Gasteiger partial charge in [0.05, 0.1) is 5.69 Å². The highest BCUT2D eigenvalue weighted by Gasteiger charge is 2.09. The maximum absolute atomic E-state index is 13.3. The van der Waals surface area contributed by atoms with Gasteiger partial charge >= 0.3 is 0 Å². The second-order valence-electron chi connectivity index (χ2n) is 6.52. The first-order valence-corrected chi connectivity index (χ1v) is 9.92. The number of nitrogens with zero attached hydrogens (tertiary/aromatic N) is 1. The van der Waals surface area contributed by atoms with Gasteiger partial charge in [0, 0.05) is 27.9 Å². The third-order valence-corrected chi connectivity index (χ3v) is 5.17. The Hall–Kier alpha value is -3.51. The van der Waals surface area contributed by atoms with Gasteiger partial charge in [0.25, 0.3) is 5.91 Å². The van der Waals surface area contributed by atoms with Gasteiger partial charge in [0.1, 0.15) is 5.82 Å². The van der Waals surface area contributed by atoms with Crippen LogP contribution in [0.1, 0.15) is 15.9 Å². The van der Waals surface area contributed by atoms with Crippen molar-refractivity contribution in [2.45, 2.75) is 6.92 Å². The second-order valence-corrected chi connectivity index (χ2v) is 7.38. The number of nitrogens with one attached hydrogen (secondary N) is 2. The van der Waals surface area contributed by atoms with Crippen molar-refractivity contribution in [2.75, 3.05) is 10.6 Å². The fourth-order valence-electron chi connectivity index (χ4n) is 2.90. The number of hydrogen-bond acceptors (Lipinski definition) is 4. The molecule has 6 heteroatoms. The first kappa shape index (κ1) is 18.8. The van der Waals surface area contributed by atoms with Crippen LogP contribution in [-0.2, 0) is 0 Å². The topological polar surface area (TPSA) is 54.0 Å². The fourth-order valence-corrected chi connectivity index (χ4v) is 3.64. The molecule has 144 valence electrons. The molecule has 29 heavy (non-hydrogen) atoms. The summed E-state index contributed by atoms with van der Waals surface area (Å²) in [6.45, 7) is 1.91. The summed E-state index contributed by atoms with van der Waals surface area (Å²) in [7, 11) is 0. The van der Waals surface area contributed by atoms with Crippen LogP contribution in [0, 0.1) is 12.7 Å². The zero-order valence-electron chi connectivity index (χ0n) is 15.6. The van der Waals surface area contributed by atoms with E-state index in [1.54, 1.807) is 18.2 Å². The summed E-state index contributed by atoms with van der Waals surface area (Å²) >= 11 is 1.44. The quantitative estimate of drug-likeness (QED) is 0.414. The van der Waals surface area contributed by atoms with Crippen LogP contribution in [0.4, 0.5) is 20.9 Å². The number of rotatable bonds is 5. The SMILES string of the molecule is Cc1ccccc1C(=O)Nc1ccc(-c2csc(Nc3cccc(F)c3)n2)cc1. The van der Waals surface area contributed by atoms with Crippen molar-refractivity contribution in [3.63, 3.8) is 0 Å². The Balaban J connectivity index is 1.45. The van der Waals surface area contributed by atoms with Gasteiger partial charge in [-0.3, -0.25) is 4.79 Å². The summed E-state index contributed by atoms with van der Waals surface area (Å²) in [5, 5.41) is 8.64. The molecule has 3 aromatic carbocycles. The lowest BCUT2D eigenvalue weighted by Gasteiger charge is -2.08. The van der Waals surface area contributed by atoms with E-state index >= 15 is 0 Å². The Kier molecular flexibility index (Phi) is 5.35. The lowest BCUT2D eigenvalue weighted by Crippen LogP contribution is -2.13. The first-order valence-electron chi connectivity index (χ1n) is 9.04. The van der Waals surface area contributed by atoms with Crippen LogP contribution >= 0.6 is 11.3 Å². The molecule has 0 aliphatic rings. The lowest BCUT2D eigenvalue weighted by atomic mass is 10.1. The number of anilines is 3. The summed E-state index contributed by atoms with van der Waals surface area (Å²) in [5.74, 6) is -0.429. The van der Waals surface area contributed by atoms with Crippen LogP contribution in [-0.4, -0.2) is 10.9 Å². The predicted octanol–water partition coefficient (Wildman–Crippen LogP) is 6.25. The molecule has 0 saturated carbocycles. The van der Waals surface area contributed by atoms with Crippen LogP contribution in [0.15, 0.2) is 78.2 Å². The van der Waals surface area contributed by atoms with E-state index < -0.39 is 0 Å². The molecular formula is C23H18FN3OS. The minimum Gasteiger partial charge on any atom is -0.331 e. The number of halogens is 1. The molecule has 0 unspecified atom stereocenters. The summed E-state index contributed by atoms with van der Waals surface area (Å²) < 4.78 is 13.3. The zero-order valence-corrected chi connectivity index (χ0v) is 16.5. The monoisotopic (exact) mass is 403 g/mol. The minimum atomic E-state index is -0.296. The Morgan fingerprint density at radius 2 is 1.76 bits per heavy atom. The van der Waals surface area contributed by atoms with Gasteiger partial charge in [0.2, 0.25) is 0 Å². The molecule has 0 aliphatic carbocycles. The van der Waals surface area contributed by atoms with Crippen molar-refractivity contribution >= 4 is 33.8 Å². The number of carbonyl (C=O) groups excluding carboxylic acids is 1. The fraction of sp³-hybridized carbons (Fsp3) is 0.0435. The third-order valence-electron chi connectivity index (χ3n) is 4.41. The standard InChI is InChI=1S/C23H18FN3OS/c1-15-5-2-3-8-20(15)22(28)25-18-11-9-16(10-12-18)21-14-29-23(27-21)26-19-7-4-6-17(24)13-19/h2-14H,1H3,(H,25,28)(H,26,27). The minimum absolute atomic E-state index is 0.133. The van der Waals surface area contributed by atoms with Gasteiger partial charge in [-0.25, -0.2) is 9.37 Å². The molecule has 1 aromatic heterocycles. The number of thiazole rings is 1. The molecule has 4 nitrogen and oxygen atoms in total. The lowest BCUT2D eigenvalue weighted by molar-refractivity contribution is 0.102. The molecule has 4 aromatic rings. The summed E-state index contributed by atoms with van der Waals surface area (Å²) in [6, 6.07) is 21.3. The van der Waals surface area contributed by atoms with E-state index in [0.29, 0.717) is 16.4 Å². The van der Waals surface area contributed by atoms with Crippen molar-refractivity contribution in [3.8, 4) is 11.3 Å². The van der Waals surface area contributed by atoms with Gasteiger partial charge in [-0.05, 0) is 48.9 Å². The van der Waals surface area contributed by atoms with Gasteiger partial charge in [-0.1, -0.05) is 36.4 Å². The largest absolute Gasteiger partial charge is 0.331 e. The normalized spacial score (nSPS) is 10.6. The van der Waals surface area contributed by atoms with E-state index in [9.17, 15) is 9.18 Å². The Labute approximate surface area is 172 Å². The maximum Gasteiger partial charge on any atom is 0.255 e. The highest BCUT2D eigenvalue weighted by Crippen LogP contribution is 2.28. The summed E-state index contributed by atoms with van der Waals surface area (Å²) in [4.78, 5) is 17.0. The van der Waals surface area contributed by atoms with E-state index in [1.807, 2.05) is 54.8 Å². The molecule has 0 radical (unpaired) electrons. The molecule has 0 bridgehead atoms. The first-order chi connectivity index (χ1) is 14.1. The van der Waals surface area contributed by atoms with E-state index in [4.69, 9.17) is 0 Å². The number of aromatic nitrogens is 1. The maximum atomic E-state index is 13.3. The van der Waals surface area contributed by atoms with E-state index in [0.717, 1.165) is 22.5 Å². The highest BCUT2D eigenvalue weighted by molar-refractivity contribution is 7.14. The van der Waals surface area contributed by atoms with E-state index in [1.165, 1.54) is 23.5 Å². The van der Waals surface area contributed by atoms with Crippen LogP contribution < -0.4 is 10.6 Å². The predicted molar refractivity (Wildman–Crippen MR) is 116 cm³/mol. The number of aryl methyl sites for hydroxylation is 1. The zero-order chi connectivity index (χ0) is 20.2. The summed E-state index contributed by atoms with van der Waals surface area (Å²) in [5.41, 5.74) is 4.70. The molecule has 1 heterocycles. The average molecular weight is 403 g/mol. The van der Waals surface area contributed by atoms with Crippen LogP contribution in [0.3, 0.4) is 0 Å². The summed E-state index contributed by atoms with van der Waals surface area (Å²) in [6.07, 6.45) is 0. The number of benzene rings is 3. The smallest absolute Gasteiger partial charge is 0.255 e. The van der Waals surface area contributed by atoms with Gasteiger partial charge in [-0.2, -0.15) is 0 Å². The molecule has 0 atom stereocenters. The van der Waals surface area contributed by atoms with Gasteiger partial charge in [0.15, 0.2) is 5.13 Å². The Bertz CT molecular complexity index is 1150. The van der Waals surface area contributed by atoms with Crippen molar-refractivity contribution in [1.29, 1.82) is 0 Å². The highest BCUT2D eigenvalue weighted by atomic mass is 32.1. The number of carbonyl (C=O) groups is 1. The van der Waals surface area contributed by atoms with Crippen molar-refractivity contribution < 1.29 is 9.18 Å². The van der Waals surface area contributed by atoms with Crippen molar-refractivity contribution in [3.05, 3.63) is 95.1 Å².